The van der Waals surface area contributed by atoms with Crippen molar-refractivity contribution in [3.8, 4) is 5.75 Å². The maximum absolute atomic E-state index is 13.0. The topological polar surface area (TPSA) is 69.6 Å². The van der Waals surface area contributed by atoms with Crippen LogP contribution < -0.4 is 10.2 Å². The maximum atomic E-state index is 13.0. The van der Waals surface area contributed by atoms with E-state index in [2.05, 4.69) is 5.32 Å². The van der Waals surface area contributed by atoms with Crippen molar-refractivity contribution in [3.05, 3.63) is 64.2 Å². The standard InChI is InChI=1S/C20H18N2O3S/c1-11-6-4-5-7-16(11)22-19(25)15(18(24)21-20(22)26)10-14-8-12(2)17(23)13(3)9-14/h4-10,23H,1-3H3,(H,21,24,26)/b15-10+. The van der Waals surface area contributed by atoms with Gasteiger partial charge in [0.1, 0.15) is 11.3 Å². The fourth-order valence-corrected chi connectivity index (χ4v) is 3.20. The number of hydrogen-bond acceptors (Lipinski definition) is 4. The average Bonchev–Trinajstić information content (AvgIpc) is 2.58. The molecule has 2 N–H and O–H groups in total. The summed E-state index contributed by atoms with van der Waals surface area (Å²) in [6, 6.07) is 10.8. The van der Waals surface area contributed by atoms with Gasteiger partial charge in [0.15, 0.2) is 5.11 Å². The van der Waals surface area contributed by atoms with E-state index in [1.807, 2.05) is 25.1 Å². The van der Waals surface area contributed by atoms with Gasteiger partial charge in [-0.3, -0.25) is 19.8 Å². The Bertz CT molecular complexity index is 956. The van der Waals surface area contributed by atoms with Crippen LogP contribution >= 0.6 is 12.2 Å². The van der Waals surface area contributed by atoms with Crippen molar-refractivity contribution < 1.29 is 14.7 Å². The number of benzene rings is 2. The first-order valence-electron chi connectivity index (χ1n) is 8.07. The number of aromatic hydroxyl groups is 1. The lowest BCUT2D eigenvalue weighted by Gasteiger charge is -2.30. The van der Waals surface area contributed by atoms with Crippen molar-refractivity contribution in [1.82, 2.24) is 5.32 Å². The molecule has 1 aliphatic heterocycles. The molecule has 2 aromatic rings. The zero-order chi connectivity index (χ0) is 19.0. The van der Waals surface area contributed by atoms with E-state index in [0.29, 0.717) is 22.4 Å². The number of hydrogen-bond donors (Lipinski definition) is 2. The minimum Gasteiger partial charge on any atom is -0.507 e. The van der Waals surface area contributed by atoms with Gasteiger partial charge in [-0.2, -0.15) is 0 Å². The summed E-state index contributed by atoms with van der Waals surface area (Å²) in [5, 5.41) is 12.5. The molecule has 0 unspecified atom stereocenters. The number of aryl methyl sites for hydroxylation is 3. The Labute approximate surface area is 156 Å². The highest BCUT2D eigenvalue weighted by atomic mass is 32.1. The highest BCUT2D eigenvalue weighted by Gasteiger charge is 2.35. The zero-order valence-electron chi connectivity index (χ0n) is 14.7. The quantitative estimate of drug-likeness (QED) is 0.487. The second-order valence-corrected chi connectivity index (χ2v) is 6.63. The van der Waals surface area contributed by atoms with Crippen LogP contribution in [0.15, 0.2) is 42.0 Å². The number of para-hydroxylation sites is 1. The Balaban J connectivity index is 2.07. The molecular formula is C20H18N2O3S. The van der Waals surface area contributed by atoms with Crippen molar-refractivity contribution >= 4 is 40.9 Å². The number of rotatable bonds is 2. The average molecular weight is 366 g/mol. The van der Waals surface area contributed by atoms with E-state index >= 15 is 0 Å². The number of amides is 2. The number of carbonyl (C=O) groups excluding carboxylic acids is 2. The number of nitrogens with zero attached hydrogens (tertiary/aromatic N) is 1. The largest absolute Gasteiger partial charge is 0.507 e. The van der Waals surface area contributed by atoms with Crippen LogP contribution in [0.3, 0.4) is 0 Å². The zero-order valence-corrected chi connectivity index (χ0v) is 15.5. The van der Waals surface area contributed by atoms with E-state index < -0.39 is 11.8 Å². The first-order valence-corrected chi connectivity index (χ1v) is 8.47. The summed E-state index contributed by atoms with van der Waals surface area (Å²) in [5.41, 5.74) is 3.50. The Kier molecular flexibility index (Phi) is 4.61. The van der Waals surface area contributed by atoms with Crippen molar-refractivity contribution in [2.45, 2.75) is 20.8 Å². The van der Waals surface area contributed by atoms with Gasteiger partial charge in [0.05, 0.1) is 5.69 Å². The van der Waals surface area contributed by atoms with Gasteiger partial charge in [0.2, 0.25) is 0 Å². The lowest BCUT2D eigenvalue weighted by Crippen LogP contribution is -2.54. The molecule has 5 nitrogen and oxygen atoms in total. The van der Waals surface area contributed by atoms with Gasteiger partial charge in [-0.1, -0.05) is 18.2 Å². The minimum atomic E-state index is -0.534. The Morgan fingerprint density at radius 3 is 2.27 bits per heavy atom. The molecule has 0 aliphatic carbocycles. The summed E-state index contributed by atoms with van der Waals surface area (Å²) < 4.78 is 0. The molecule has 2 aromatic carbocycles. The molecule has 132 valence electrons. The van der Waals surface area contributed by atoms with Gasteiger partial charge in [0, 0.05) is 0 Å². The van der Waals surface area contributed by atoms with Gasteiger partial charge in [-0.15, -0.1) is 0 Å². The third-order valence-corrected chi connectivity index (χ3v) is 4.57. The van der Waals surface area contributed by atoms with E-state index in [1.165, 1.54) is 11.0 Å². The molecule has 1 aliphatic rings. The van der Waals surface area contributed by atoms with Crippen molar-refractivity contribution in [2.24, 2.45) is 0 Å². The molecule has 0 spiro atoms. The van der Waals surface area contributed by atoms with Crippen molar-refractivity contribution in [1.29, 1.82) is 0 Å². The molecule has 0 aromatic heterocycles. The monoisotopic (exact) mass is 366 g/mol. The normalized spacial score (nSPS) is 16.2. The fraction of sp³-hybridized carbons (Fsp3) is 0.150. The molecule has 1 saturated heterocycles. The van der Waals surface area contributed by atoms with E-state index in [9.17, 15) is 14.7 Å². The lowest BCUT2D eigenvalue weighted by atomic mass is 10.0. The predicted octanol–water partition coefficient (Wildman–Crippen LogP) is 3.15. The fourth-order valence-electron chi connectivity index (χ4n) is 2.93. The van der Waals surface area contributed by atoms with E-state index in [0.717, 1.165) is 5.56 Å². The molecule has 6 heteroatoms. The highest BCUT2D eigenvalue weighted by molar-refractivity contribution is 7.80. The smallest absolute Gasteiger partial charge is 0.270 e. The maximum Gasteiger partial charge on any atom is 0.270 e. The lowest BCUT2D eigenvalue weighted by molar-refractivity contribution is -0.122. The van der Waals surface area contributed by atoms with Gasteiger partial charge in [-0.05, 0) is 79.5 Å². The van der Waals surface area contributed by atoms with Crippen LogP contribution in [0.5, 0.6) is 5.75 Å². The molecule has 1 heterocycles. The SMILES string of the molecule is Cc1ccccc1N1C(=O)/C(=C/c2cc(C)c(O)c(C)c2)C(=O)NC1=S. The minimum absolute atomic E-state index is 0.00802. The summed E-state index contributed by atoms with van der Waals surface area (Å²) in [6.45, 7) is 5.40. The van der Waals surface area contributed by atoms with Crippen molar-refractivity contribution in [3.63, 3.8) is 0 Å². The number of anilines is 1. The summed E-state index contributed by atoms with van der Waals surface area (Å²) in [4.78, 5) is 26.7. The molecule has 1 fully saturated rings. The first-order chi connectivity index (χ1) is 12.3. The molecular weight excluding hydrogens is 348 g/mol. The molecule has 3 rings (SSSR count). The van der Waals surface area contributed by atoms with Crippen LogP contribution in [0.2, 0.25) is 0 Å². The molecule has 2 amide bonds. The van der Waals surface area contributed by atoms with Gasteiger partial charge >= 0.3 is 0 Å². The second-order valence-electron chi connectivity index (χ2n) is 6.25. The number of phenolic OH excluding ortho intramolecular Hbond substituents is 1. The number of phenols is 1. The summed E-state index contributed by atoms with van der Waals surface area (Å²) in [6.07, 6.45) is 1.52. The van der Waals surface area contributed by atoms with Crippen LogP contribution in [0.25, 0.3) is 6.08 Å². The molecule has 0 radical (unpaired) electrons. The third kappa shape index (κ3) is 3.11. The molecule has 26 heavy (non-hydrogen) atoms. The van der Waals surface area contributed by atoms with Gasteiger partial charge in [0.25, 0.3) is 11.8 Å². The van der Waals surface area contributed by atoms with Crippen LogP contribution in [-0.2, 0) is 9.59 Å². The van der Waals surface area contributed by atoms with Crippen LogP contribution in [0.4, 0.5) is 5.69 Å². The Morgan fingerprint density at radius 1 is 1.04 bits per heavy atom. The first kappa shape index (κ1) is 17.8. The van der Waals surface area contributed by atoms with Crippen molar-refractivity contribution in [2.75, 3.05) is 4.90 Å². The number of nitrogens with one attached hydrogen (secondary N) is 1. The number of carbonyl (C=O) groups is 2. The Morgan fingerprint density at radius 2 is 1.65 bits per heavy atom. The number of thiocarbonyl (C=S) groups is 1. The van der Waals surface area contributed by atoms with Gasteiger partial charge in [-0.25, -0.2) is 0 Å². The van der Waals surface area contributed by atoms with E-state index in [-0.39, 0.29) is 16.4 Å². The van der Waals surface area contributed by atoms with E-state index in [4.69, 9.17) is 12.2 Å². The highest BCUT2D eigenvalue weighted by Crippen LogP contribution is 2.27. The summed E-state index contributed by atoms with van der Waals surface area (Å²) >= 11 is 5.21. The molecule has 0 saturated carbocycles. The van der Waals surface area contributed by atoms with Gasteiger partial charge < -0.3 is 5.11 Å². The predicted molar refractivity (Wildman–Crippen MR) is 105 cm³/mol. The molecule has 0 atom stereocenters. The summed E-state index contributed by atoms with van der Waals surface area (Å²) in [7, 11) is 0. The van der Waals surface area contributed by atoms with E-state index in [1.54, 1.807) is 32.0 Å². The summed E-state index contributed by atoms with van der Waals surface area (Å²) in [5.74, 6) is -0.807. The third-order valence-electron chi connectivity index (χ3n) is 4.28. The van der Waals surface area contributed by atoms with Crippen LogP contribution in [0, 0.1) is 20.8 Å². The van der Waals surface area contributed by atoms with Crippen LogP contribution in [0.1, 0.15) is 22.3 Å². The molecule has 0 bridgehead atoms. The Hall–Kier alpha value is -2.99. The second kappa shape index (κ2) is 6.72. The van der Waals surface area contributed by atoms with Crippen LogP contribution in [-0.4, -0.2) is 22.0 Å².